The monoisotopic (exact) mass is 348 g/mol. The Morgan fingerprint density at radius 2 is 2.00 bits per heavy atom. The van der Waals surface area contributed by atoms with Gasteiger partial charge in [-0.2, -0.15) is 18.3 Å². The smallest absolute Gasteiger partial charge is 0.417 e. The quantitative estimate of drug-likeness (QED) is 0.900. The Kier molecular flexibility index (Phi) is 3.59. The van der Waals surface area contributed by atoms with Crippen LogP contribution in [0.5, 0.6) is 0 Å². The van der Waals surface area contributed by atoms with Crippen molar-refractivity contribution in [2.75, 3.05) is 0 Å². The number of aromatic nitrogens is 2. The van der Waals surface area contributed by atoms with E-state index >= 15 is 0 Å². The number of alkyl halides is 3. The molecule has 0 radical (unpaired) electrons. The van der Waals surface area contributed by atoms with Gasteiger partial charge in [0.15, 0.2) is 5.69 Å². The normalized spacial score (nSPS) is 11.7. The lowest BCUT2D eigenvalue weighted by molar-refractivity contribution is -0.138. The fourth-order valence-corrected chi connectivity index (χ4v) is 2.17. The van der Waals surface area contributed by atoms with E-state index in [0.717, 1.165) is 10.7 Å². The number of carboxylic acid groups (broad SMARTS) is 1. The Bertz CT molecular complexity index is 680. The first-order valence-electron chi connectivity index (χ1n) is 5.37. The topological polar surface area (TPSA) is 55.1 Å². The predicted octanol–water partition coefficient (Wildman–Crippen LogP) is 3.66. The highest BCUT2D eigenvalue weighted by Crippen LogP contribution is 2.36. The van der Waals surface area contributed by atoms with E-state index in [-0.39, 0.29) is 15.9 Å². The van der Waals surface area contributed by atoms with Crippen LogP contribution in [0.15, 0.2) is 28.7 Å². The summed E-state index contributed by atoms with van der Waals surface area (Å²) in [4.78, 5) is 10.8. The Balaban J connectivity index is 2.57. The Hall–Kier alpha value is -1.83. The maximum atomic E-state index is 12.8. The lowest BCUT2D eigenvalue weighted by Gasteiger charge is -2.12. The zero-order valence-electron chi connectivity index (χ0n) is 10.1. The third-order valence-electron chi connectivity index (χ3n) is 2.61. The third-order valence-corrected chi connectivity index (χ3v) is 3.30. The number of carbonyl (C=O) groups is 1. The van der Waals surface area contributed by atoms with Crippen LogP contribution in [0.25, 0.3) is 5.69 Å². The molecule has 106 valence electrons. The Labute approximate surface area is 120 Å². The van der Waals surface area contributed by atoms with Gasteiger partial charge in [-0.1, -0.05) is 15.9 Å². The molecule has 0 unspecified atom stereocenters. The van der Waals surface area contributed by atoms with Crippen LogP contribution in [0.4, 0.5) is 13.2 Å². The van der Waals surface area contributed by atoms with Crippen LogP contribution in [0.2, 0.25) is 0 Å². The van der Waals surface area contributed by atoms with Crippen molar-refractivity contribution in [1.82, 2.24) is 9.78 Å². The molecule has 8 heteroatoms. The van der Waals surface area contributed by atoms with E-state index < -0.39 is 17.7 Å². The first kappa shape index (κ1) is 14.6. The van der Waals surface area contributed by atoms with Crippen molar-refractivity contribution in [3.63, 3.8) is 0 Å². The number of halogens is 4. The summed E-state index contributed by atoms with van der Waals surface area (Å²) in [6.07, 6.45) is -4.51. The van der Waals surface area contributed by atoms with Crippen LogP contribution in [-0.2, 0) is 6.18 Å². The second-order valence-electron chi connectivity index (χ2n) is 4.05. The summed E-state index contributed by atoms with van der Waals surface area (Å²) >= 11 is 2.84. The molecular weight excluding hydrogens is 341 g/mol. The van der Waals surface area contributed by atoms with Crippen LogP contribution < -0.4 is 0 Å². The first-order chi connectivity index (χ1) is 9.20. The SMILES string of the molecule is Cc1cc(C(=O)O)nn1-c1ccc(Br)c(C(F)(F)F)c1. The van der Waals surface area contributed by atoms with Crippen molar-refractivity contribution in [2.24, 2.45) is 0 Å². The second kappa shape index (κ2) is 4.93. The number of benzene rings is 1. The summed E-state index contributed by atoms with van der Waals surface area (Å²) in [6.45, 7) is 1.56. The summed E-state index contributed by atoms with van der Waals surface area (Å²) in [5, 5.41) is 12.6. The molecule has 20 heavy (non-hydrogen) atoms. The van der Waals surface area contributed by atoms with E-state index in [1.807, 2.05) is 0 Å². The number of aromatic carboxylic acids is 1. The van der Waals surface area contributed by atoms with Gasteiger partial charge in [0, 0.05) is 10.2 Å². The molecule has 0 aliphatic rings. The maximum absolute atomic E-state index is 12.8. The molecule has 0 bridgehead atoms. The van der Waals surface area contributed by atoms with E-state index in [1.54, 1.807) is 6.92 Å². The summed E-state index contributed by atoms with van der Waals surface area (Å²) in [5.41, 5.74) is -0.496. The number of carboxylic acids is 1. The number of hydrogen-bond donors (Lipinski definition) is 1. The molecule has 0 aliphatic heterocycles. The average Bonchev–Trinajstić information content (AvgIpc) is 2.71. The van der Waals surface area contributed by atoms with E-state index in [1.165, 1.54) is 18.2 Å². The maximum Gasteiger partial charge on any atom is 0.417 e. The molecule has 0 aliphatic carbocycles. The lowest BCUT2D eigenvalue weighted by Crippen LogP contribution is -2.09. The van der Waals surface area contributed by atoms with Crippen molar-refractivity contribution < 1.29 is 23.1 Å². The molecule has 1 aromatic heterocycles. The Morgan fingerprint density at radius 1 is 1.35 bits per heavy atom. The number of aryl methyl sites for hydroxylation is 1. The lowest BCUT2D eigenvalue weighted by atomic mass is 10.2. The minimum atomic E-state index is -4.51. The molecule has 1 aromatic carbocycles. The summed E-state index contributed by atoms with van der Waals surface area (Å²) in [5.74, 6) is -1.24. The summed E-state index contributed by atoms with van der Waals surface area (Å²) in [6, 6.07) is 4.87. The van der Waals surface area contributed by atoms with Gasteiger partial charge in [-0.3, -0.25) is 0 Å². The van der Waals surface area contributed by atoms with Gasteiger partial charge < -0.3 is 5.11 Å². The minimum Gasteiger partial charge on any atom is -0.476 e. The molecule has 0 amide bonds. The van der Waals surface area contributed by atoms with Crippen molar-refractivity contribution in [1.29, 1.82) is 0 Å². The first-order valence-corrected chi connectivity index (χ1v) is 6.16. The molecule has 1 heterocycles. The van der Waals surface area contributed by atoms with E-state index in [0.29, 0.717) is 5.69 Å². The second-order valence-corrected chi connectivity index (χ2v) is 4.90. The third kappa shape index (κ3) is 2.69. The molecule has 2 aromatic rings. The molecular formula is C12H8BrF3N2O2. The summed E-state index contributed by atoms with van der Waals surface area (Å²) in [7, 11) is 0. The molecule has 1 N–H and O–H groups in total. The highest BCUT2D eigenvalue weighted by Gasteiger charge is 2.33. The van der Waals surface area contributed by atoms with Gasteiger partial charge in [-0.15, -0.1) is 0 Å². The molecule has 0 saturated carbocycles. The highest BCUT2D eigenvalue weighted by atomic mass is 79.9. The van der Waals surface area contributed by atoms with Crippen LogP contribution >= 0.6 is 15.9 Å². The van der Waals surface area contributed by atoms with Crippen LogP contribution in [-0.4, -0.2) is 20.9 Å². The van der Waals surface area contributed by atoms with Crippen LogP contribution in [0.1, 0.15) is 21.7 Å². The van der Waals surface area contributed by atoms with Crippen molar-refractivity contribution >= 4 is 21.9 Å². The van der Waals surface area contributed by atoms with Crippen LogP contribution in [0, 0.1) is 6.92 Å². The fourth-order valence-electron chi connectivity index (χ4n) is 1.70. The largest absolute Gasteiger partial charge is 0.476 e. The molecule has 0 saturated heterocycles. The number of nitrogens with zero attached hydrogens (tertiary/aromatic N) is 2. The van der Waals surface area contributed by atoms with Crippen LogP contribution in [0.3, 0.4) is 0 Å². The van der Waals surface area contributed by atoms with Gasteiger partial charge in [0.1, 0.15) is 0 Å². The summed E-state index contributed by atoms with van der Waals surface area (Å²) < 4.78 is 39.5. The zero-order chi connectivity index (χ0) is 15.1. The molecule has 0 atom stereocenters. The van der Waals surface area contributed by atoms with Crippen molar-refractivity contribution in [2.45, 2.75) is 13.1 Å². The molecule has 2 rings (SSSR count). The zero-order valence-corrected chi connectivity index (χ0v) is 11.7. The van der Waals surface area contributed by atoms with Gasteiger partial charge in [-0.25, -0.2) is 9.48 Å². The van der Waals surface area contributed by atoms with E-state index in [2.05, 4.69) is 21.0 Å². The van der Waals surface area contributed by atoms with Gasteiger partial charge in [0.05, 0.1) is 11.3 Å². The Morgan fingerprint density at radius 3 is 2.50 bits per heavy atom. The van der Waals surface area contributed by atoms with Gasteiger partial charge >= 0.3 is 12.1 Å². The van der Waals surface area contributed by atoms with Gasteiger partial charge in [-0.05, 0) is 31.2 Å². The standard InChI is InChI=1S/C12H8BrF3N2O2/c1-6-4-10(11(19)20)17-18(6)7-2-3-9(13)8(5-7)12(14,15)16/h2-5H,1H3,(H,19,20). The van der Waals surface area contributed by atoms with Crippen molar-refractivity contribution in [3.8, 4) is 5.69 Å². The number of hydrogen-bond acceptors (Lipinski definition) is 2. The highest BCUT2D eigenvalue weighted by molar-refractivity contribution is 9.10. The average molecular weight is 349 g/mol. The van der Waals surface area contributed by atoms with E-state index in [4.69, 9.17) is 5.11 Å². The predicted molar refractivity (Wildman–Crippen MR) is 68.0 cm³/mol. The fraction of sp³-hybridized carbons (Fsp3) is 0.167. The van der Waals surface area contributed by atoms with Gasteiger partial charge in [0.25, 0.3) is 0 Å². The van der Waals surface area contributed by atoms with Crippen molar-refractivity contribution in [3.05, 3.63) is 45.7 Å². The molecule has 0 fully saturated rings. The van der Waals surface area contributed by atoms with Gasteiger partial charge in [0.2, 0.25) is 0 Å². The van der Waals surface area contributed by atoms with E-state index in [9.17, 15) is 18.0 Å². The number of rotatable bonds is 2. The minimum absolute atomic E-state index is 0.0861. The molecule has 0 spiro atoms. The molecule has 4 nitrogen and oxygen atoms in total.